The number of ketones is 1. The molecule has 0 atom stereocenters. The number of rotatable bonds is 3. The third kappa shape index (κ3) is 1.69. The molecule has 0 fully saturated rings. The molecule has 0 saturated heterocycles. The number of carbonyl (C=O) groups is 2. The number of hydrogen-bond acceptors (Lipinski definition) is 7. The average molecular weight is 293 g/mol. The predicted molar refractivity (Wildman–Crippen MR) is 73.5 cm³/mol. The maximum absolute atomic E-state index is 12.8. The molecule has 4 rings (SSSR count). The number of carbonyl (C=O) groups excluding carboxylic acids is 2. The van der Waals surface area contributed by atoms with E-state index in [1.165, 1.54) is 29.4 Å². The highest BCUT2D eigenvalue weighted by Gasteiger charge is 2.19. The molecule has 4 aromatic heterocycles. The predicted octanol–water partition coefficient (Wildman–Crippen LogP) is 0.439. The minimum Gasteiger partial charge on any atom is -0.296 e. The van der Waals surface area contributed by atoms with Gasteiger partial charge in [0.2, 0.25) is 0 Å². The largest absolute Gasteiger partial charge is 0.296 e. The second kappa shape index (κ2) is 4.52. The Morgan fingerprint density at radius 2 is 2.18 bits per heavy atom. The summed E-state index contributed by atoms with van der Waals surface area (Å²) in [4.78, 5) is 36.0. The lowest BCUT2D eigenvalue weighted by molar-refractivity contribution is 0.102. The number of H-pyrrole nitrogens is 1. The standard InChI is InChI=1S/C13H7N7O2/c21-5-10-9(4-20-13(18-10)15-6-17-20)11(22)7-1-2-14-12-8(7)3-16-19-12/h1-6H,(H,14,16,19). The van der Waals surface area contributed by atoms with E-state index in [-0.39, 0.29) is 22.8 Å². The van der Waals surface area contributed by atoms with E-state index in [1.54, 1.807) is 6.07 Å². The molecule has 0 radical (unpaired) electrons. The van der Waals surface area contributed by atoms with Crippen LogP contribution in [-0.2, 0) is 0 Å². The summed E-state index contributed by atoms with van der Waals surface area (Å²) in [5.74, 6) is -0.109. The van der Waals surface area contributed by atoms with Crippen molar-refractivity contribution in [2.24, 2.45) is 0 Å². The van der Waals surface area contributed by atoms with Crippen LogP contribution >= 0.6 is 0 Å². The van der Waals surface area contributed by atoms with Crippen molar-refractivity contribution in [1.82, 2.24) is 34.8 Å². The lowest BCUT2D eigenvalue weighted by Crippen LogP contribution is -2.10. The number of aromatic nitrogens is 7. The Morgan fingerprint density at radius 1 is 1.27 bits per heavy atom. The lowest BCUT2D eigenvalue weighted by Gasteiger charge is -2.05. The summed E-state index contributed by atoms with van der Waals surface area (Å²) in [6.45, 7) is 0. The van der Waals surface area contributed by atoms with Gasteiger partial charge in [-0.15, -0.1) is 0 Å². The fourth-order valence-corrected chi connectivity index (χ4v) is 2.23. The van der Waals surface area contributed by atoms with E-state index in [4.69, 9.17) is 0 Å². The molecule has 0 spiro atoms. The third-order valence-electron chi connectivity index (χ3n) is 3.26. The van der Waals surface area contributed by atoms with E-state index in [1.807, 2.05) is 0 Å². The molecule has 0 aromatic carbocycles. The summed E-state index contributed by atoms with van der Waals surface area (Å²) in [6, 6.07) is 1.57. The first-order valence-corrected chi connectivity index (χ1v) is 6.26. The van der Waals surface area contributed by atoms with Crippen LogP contribution in [0.5, 0.6) is 0 Å². The Hall–Kier alpha value is -3.49. The fourth-order valence-electron chi connectivity index (χ4n) is 2.23. The van der Waals surface area contributed by atoms with Gasteiger partial charge >= 0.3 is 0 Å². The van der Waals surface area contributed by atoms with Crippen molar-refractivity contribution in [3.05, 3.63) is 47.8 Å². The van der Waals surface area contributed by atoms with Crippen LogP contribution in [-0.4, -0.2) is 46.8 Å². The third-order valence-corrected chi connectivity index (χ3v) is 3.26. The van der Waals surface area contributed by atoms with Crippen LogP contribution in [0.3, 0.4) is 0 Å². The molecule has 9 nitrogen and oxygen atoms in total. The van der Waals surface area contributed by atoms with Gasteiger partial charge in [0.1, 0.15) is 12.0 Å². The van der Waals surface area contributed by atoms with Gasteiger partial charge in [0, 0.05) is 23.3 Å². The smallest absolute Gasteiger partial charge is 0.252 e. The minimum atomic E-state index is -0.360. The van der Waals surface area contributed by atoms with Crippen LogP contribution in [0.1, 0.15) is 26.4 Å². The summed E-state index contributed by atoms with van der Waals surface area (Å²) in [6.07, 6.45) is 6.27. The highest BCUT2D eigenvalue weighted by Crippen LogP contribution is 2.19. The molecule has 0 bridgehead atoms. The Labute approximate surface area is 122 Å². The summed E-state index contributed by atoms with van der Waals surface area (Å²) < 4.78 is 1.34. The molecular weight excluding hydrogens is 286 g/mol. The SMILES string of the molecule is O=Cc1nc2ncnn2cc1C(=O)c1ccnc2[nH]ncc12. The van der Waals surface area contributed by atoms with Crippen molar-refractivity contribution in [2.75, 3.05) is 0 Å². The Bertz CT molecular complexity index is 1030. The topological polar surface area (TPSA) is 119 Å². The number of aromatic amines is 1. The lowest BCUT2D eigenvalue weighted by atomic mass is 10.0. The normalized spacial score (nSPS) is 11.1. The monoisotopic (exact) mass is 293 g/mol. The van der Waals surface area contributed by atoms with Crippen molar-refractivity contribution in [3.63, 3.8) is 0 Å². The number of pyridine rings is 1. The van der Waals surface area contributed by atoms with Crippen molar-refractivity contribution < 1.29 is 9.59 Å². The molecule has 9 heteroatoms. The Kier molecular flexibility index (Phi) is 2.52. The fraction of sp³-hybridized carbons (Fsp3) is 0. The molecule has 0 saturated carbocycles. The molecule has 0 aliphatic rings. The molecule has 4 heterocycles. The van der Waals surface area contributed by atoms with Gasteiger partial charge in [0.15, 0.2) is 17.7 Å². The van der Waals surface area contributed by atoms with Gasteiger partial charge in [-0.1, -0.05) is 0 Å². The van der Waals surface area contributed by atoms with Crippen LogP contribution in [0.4, 0.5) is 0 Å². The van der Waals surface area contributed by atoms with Crippen LogP contribution in [0.25, 0.3) is 16.8 Å². The van der Waals surface area contributed by atoms with E-state index in [9.17, 15) is 9.59 Å². The van der Waals surface area contributed by atoms with Crippen LogP contribution in [0.2, 0.25) is 0 Å². The van der Waals surface area contributed by atoms with Gasteiger partial charge in [-0.05, 0) is 6.07 Å². The second-order valence-electron chi connectivity index (χ2n) is 4.48. The number of nitrogens with zero attached hydrogens (tertiary/aromatic N) is 6. The first kappa shape index (κ1) is 12.3. The molecule has 4 aromatic rings. The summed E-state index contributed by atoms with van der Waals surface area (Å²) in [5, 5.41) is 11.1. The maximum Gasteiger partial charge on any atom is 0.252 e. The molecule has 1 N–H and O–H groups in total. The van der Waals surface area contributed by atoms with Gasteiger partial charge in [0.25, 0.3) is 5.78 Å². The second-order valence-corrected chi connectivity index (χ2v) is 4.48. The van der Waals surface area contributed by atoms with Gasteiger partial charge in [-0.3, -0.25) is 14.7 Å². The van der Waals surface area contributed by atoms with Crippen molar-refractivity contribution in [2.45, 2.75) is 0 Å². The van der Waals surface area contributed by atoms with Crippen molar-refractivity contribution >= 4 is 28.9 Å². The number of nitrogens with one attached hydrogen (secondary N) is 1. The van der Waals surface area contributed by atoms with E-state index in [0.717, 1.165) is 0 Å². The quantitative estimate of drug-likeness (QED) is 0.430. The average Bonchev–Trinajstić information content (AvgIpc) is 3.20. The Balaban J connectivity index is 1.95. The molecule has 22 heavy (non-hydrogen) atoms. The molecule has 0 amide bonds. The van der Waals surface area contributed by atoms with Gasteiger partial charge < -0.3 is 0 Å². The number of fused-ring (bicyclic) bond motifs is 2. The first-order chi connectivity index (χ1) is 10.8. The molecule has 0 aliphatic carbocycles. The van der Waals surface area contributed by atoms with Crippen molar-refractivity contribution in [1.29, 1.82) is 0 Å². The minimum absolute atomic E-state index is 0.0129. The summed E-state index contributed by atoms with van der Waals surface area (Å²) >= 11 is 0. The van der Waals surface area contributed by atoms with Crippen LogP contribution in [0.15, 0.2) is 31.0 Å². The van der Waals surface area contributed by atoms with Crippen LogP contribution < -0.4 is 0 Å². The molecular formula is C13H7N7O2. The zero-order valence-electron chi connectivity index (χ0n) is 11.0. The van der Waals surface area contributed by atoms with Crippen LogP contribution in [0, 0.1) is 0 Å². The zero-order chi connectivity index (χ0) is 15.1. The Morgan fingerprint density at radius 3 is 3.05 bits per heavy atom. The van der Waals surface area contributed by atoms with E-state index in [2.05, 4.69) is 30.2 Å². The maximum atomic E-state index is 12.8. The van der Waals surface area contributed by atoms with Gasteiger partial charge in [-0.25, -0.2) is 14.5 Å². The molecule has 0 unspecified atom stereocenters. The van der Waals surface area contributed by atoms with E-state index in [0.29, 0.717) is 22.9 Å². The number of aldehydes is 1. The highest BCUT2D eigenvalue weighted by atomic mass is 16.1. The molecule has 0 aliphatic heterocycles. The first-order valence-electron chi connectivity index (χ1n) is 6.26. The zero-order valence-corrected chi connectivity index (χ0v) is 11.0. The van der Waals surface area contributed by atoms with Crippen molar-refractivity contribution in [3.8, 4) is 0 Å². The highest BCUT2D eigenvalue weighted by molar-refractivity contribution is 6.17. The van der Waals surface area contributed by atoms with E-state index >= 15 is 0 Å². The summed E-state index contributed by atoms with van der Waals surface area (Å²) in [5.41, 5.74) is 1.03. The van der Waals surface area contributed by atoms with E-state index < -0.39 is 0 Å². The number of hydrogen-bond donors (Lipinski definition) is 1. The molecule has 106 valence electrons. The van der Waals surface area contributed by atoms with Gasteiger partial charge in [0.05, 0.1) is 11.8 Å². The summed E-state index contributed by atoms with van der Waals surface area (Å²) in [7, 11) is 0. The van der Waals surface area contributed by atoms with Gasteiger partial charge in [-0.2, -0.15) is 15.2 Å².